The van der Waals surface area contributed by atoms with Crippen molar-refractivity contribution in [2.24, 2.45) is 5.92 Å². The molecule has 1 atom stereocenters. The molecule has 2 aromatic rings. The Balaban J connectivity index is 1.50. The molecule has 0 aliphatic carbocycles. The SMILES string of the molecule is Cc1nc(COC[C@H]2CNCc3nccn3C2)cs1. The number of rotatable bonds is 4. The van der Waals surface area contributed by atoms with Crippen molar-refractivity contribution >= 4 is 11.3 Å². The number of hydrogen-bond donors (Lipinski definition) is 1. The van der Waals surface area contributed by atoms with E-state index in [1.807, 2.05) is 19.3 Å². The molecule has 3 rings (SSSR count). The Morgan fingerprint density at radius 2 is 2.53 bits per heavy atom. The molecule has 102 valence electrons. The van der Waals surface area contributed by atoms with E-state index in [1.54, 1.807) is 11.3 Å². The van der Waals surface area contributed by atoms with Gasteiger partial charge in [-0.15, -0.1) is 11.3 Å². The fourth-order valence-corrected chi connectivity index (χ4v) is 2.92. The number of imidazole rings is 1. The van der Waals surface area contributed by atoms with Crippen LogP contribution in [0.2, 0.25) is 0 Å². The Labute approximate surface area is 116 Å². The zero-order chi connectivity index (χ0) is 13.1. The summed E-state index contributed by atoms with van der Waals surface area (Å²) in [4.78, 5) is 8.74. The van der Waals surface area contributed by atoms with Crippen LogP contribution >= 0.6 is 11.3 Å². The lowest BCUT2D eigenvalue weighted by molar-refractivity contribution is 0.0806. The first-order valence-corrected chi connectivity index (χ1v) is 7.38. The molecule has 0 amide bonds. The van der Waals surface area contributed by atoms with Crippen molar-refractivity contribution in [3.63, 3.8) is 0 Å². The first kappa shape index (κ1) is 12.8. The molecule has 0 saturated heterocycles. The molecule has 0 aromatic carbocycles. The first-order chi connectivity index (χ1) is 9.31. The largest absolute Gasteiger partial charge is 0.375 e. The molecule has 6 heteroatoms. The van der Waals surface area contributed by atoms with Crippen molar-refractivity contribution in [1.82, 2.24) is 19.9 Å². The molecule has 0 saturated carbocycles. The van der Waals surface area contributed by atoms with Gasteiger partial charge in [-0.3, -0.25) is 0 Å². The van der Waals surface area contributed by atoms with Crippen molar-refractivity contribution in [3.05, 3.63) is 34.3 Å². The van der Waals surface area contributed by atoms with Gasteiger partial charge in [-0.25, -0.2) is 9.97 Å². The van der Waals surface area contributed by atoms with Crippen LogP contribution in [0.5, 0.6) is 0 Å². The lowest BCUT2D eigenvalue weighted by Gasteiger charge is -2.15. The van der Waals surface area contributed by atoms with Crippen molar-refractivity contribution in [2.75, 3.05) is 13.2 Å². The third kappa shape index (κ3) is 3.20. The Morgan fingerprint density at radius 1 is 1.58 bits per heavy atom. The van der Waals surface area contributed by atoms with Crippen LogP contribution in [0.3, 0.4) is 0 Å². The van der Waals surface area contributed by atoms with Gasteiger partial charge in [-0.1, -0.05) is 0 Å². The van der Waals surface area contributed by atoms with Crippen LogP contribution in [0.25, 0.3) is 0 Å². The smallest absolute Gasteiger partial charge is 0.122 e. The predicted octanol–water partition coefficient (Wildman–Crippen LogP) is 1.58. The van der Waals surface area contributed by atoms with Crippen LogP contribution in [0.4, 0.5) is 0 Å². The predicted molar refractivity (Wildman–Crippen MR) is 73.9 cm³/mol. The molecule has 1 aliphatic heterocycles. The summed E-state index contributed by atoms with van der Waals surface area (Å²) >= 11 is 1.67. The van der Waals surface area contributed by atoms with E-state index in [1.165, 1.54) is 0 Å². The maximum Gasteiger partial charge on any atom is 0.122 e. The molecule has 0 fully saturated rings. The average Bonchev–Trinajstić information content (AvgIpc) is 2.95. The molecule has 0 radical (unpaired) electrons. The van der Waals surface area contributed by atoms with E-state index in [-0.39, 0.29) is 0 Å². The van der Waals surface area contributed by atoms with Crippen molar-refractivity contribution < 1.29 is 4.74 Å². The highest BCUT2D eigenvalue weighted by molar-refractivity contribution is 7.09. The van der Waals surface area contributed by atoms with Crippen LogP contribution in [0.15, 0.2) is 17.8 Å². The minimum atomic E-state index is 0.482. The summed E-state index contributed by atoms with van der Waals surface area (Å²) in [5.41, 5.74) is 1.03. The first-order valence-electron chi connectivity index (χ1n) is 6.51. The van der Waals surface area contributed by atoms with Gasteiger partial charge in [0.15, 0.2) is 0 Å². The van der Waals surface area contributed by atoms with Gasteiger partial charge in [0.1, 0.15) is 5.82 Å². The summed E-state index contributed by atoms with van der Waals surface area (Å²) in [7, 11) is 0. The minimum absolute atomic E-state index is 0.482. The van der Waals surface area contributed by atoms with Crippen molar-refractivity contribution in [2.45, 2.75) is 26.6 Å². The monoisotopic (exact) mass is 278 g/mol. The highest BCUT2D eigenvalue weighted by Gasteiger charge is 2.16. The van der Waals surface area contributed by atoms with Gasteiger partial charge in [-0.05, 0) is 6.92 Å². The normalized spacial score (nSPS) is 19.1. The molecule has 1 aliphatic rings. The number of aromatic nitrogens is 3. The van der Waals surface area contributed by atoms with Crippen LogP contribution in [0, 0.1) is 12.8 Å². The molecule has 0 spiro atoms. The van der Waals surface area contributed by atoms with Crippen molar-refractivity contribution in [3.8, 4) is 0 Å². The number of thiazole rings is 1. The van der Waals surface area contributed by atoms with E-state index < -0.39 is 0 Å². The third-order valence-electron chi connectivity index (χ3n) is 3.24. The van der Waals surface area contributed by atoms with Crippen LogP contribution in [-0.4, -0.2) is 27.7 Å². The second-order valence-corrected chi connectivity index (χ2v) is 5.93. The fraction of sp³-hybridized carbons (Fsp3) is 0.538. The molecular formula is C13H18N4OS. The summed E-state index contributed by atoms with van der Waals surface area (Å²) in [6.45, 7) is 6.16. The average molecular weight is 278 g/mol. The molecule has 1 N–H and O–H groups in total. The summed E-state index contributed by atoms with van der Waals surface area (Å²) < 4.78 is 8.00. The Kier molecular flexibility index (Phi) is 3.91. The van der Waals surface area contributed by atoms with Gasteiger partial charge in [0.25, 0.3) is 0 Å². The van der Waals surface area contributed by atoms with Crippen LogP contribution in [-0.2, 0) is 24.4 Å². The highest BCUT2D eigenvalue weighted by atomic mass is 32.1. The summed E-state index contributed by atoms with van der Waals surface area (Å²) in [5, 5.41) is 6.57. The number of aryl methyl sites for hydroxylation is 1. The van der Waals surface area contributed by atoms with E-state index in [0.717, 1.165) is 42.8 Å². The van der Waals surface area contributed by atoms with Gasteiger partial charge in [-0.2, -0.15) is 0 Å². The number of nitrogens with one attached hydrogen (secondary N) is 1. The van der Waals surface area contributed by atoms with Gasteiger partial charge in [0.05, 0.1) is 30.5 Å². The van der Waals surface area contributed by atoms with Gasteiger partial charge in [0.2, 0.25) is 0 Å². The van der Waals surface area contributed by atoms with E-state index in [2.05, 4.69) is 25.2 Å². The van der Waals surface area contributed by atoms with Crippen LogP contribution < -0.4 is 5.32 Å². The second-order valence-electron chi connectivity index (χ2n) is 4.87. The minimum Gasteiger partial charge on any atom is -0.375 e. The molecule has 5 nitrogen and oxygen atoms in total. The molecule has 3 heterocycles. The quantitative estimate of drug-likeness (QED) is 0.922. The number of fused-ring (bicyclic) bond motifs is 1. The van der Waals surface area contributed by atoms with Gasteiger partial charge < -0.3 is 14.6 Å². The summed E-state index contributed by atoms with van der Waals surface area (Å²) in [6, 6.07) is 0. The standard InChI is InChI=1S/C13H18N4OS/c1-10-16-12(9-19-10)8-18-7-11-4-14-5-13-15-2-3-17(13)6-11/h2-3,9,11,14H,4-8H2,1H3/t11-/m0/s1. The van der Waals surface area contributed by atoms with E-state index in [4.69, 9.17) is 4.74 Å². The molecule has 19 heavy (non-hydrogen) atoms. The molecule has 0 unspecified atom stereocenters. The Morgan fingerprint density at radius 3 is 3.37 bits per heavy atom. The third-order valence-corrected chi connectivity index (χ3v) is 4.07. The number of nitrogens with zero attached hydrogens (tertiary/aromatic N) is 3. The lowest BCUT2D eigenvalue weighted by atomic mass is 10.1. The van der Waals surface area contributed by atoms with E-state index in [9.17, 15) is 0 Å². The maximum absolute atomic E-state index is 5.79. The number of hydrogen-bond acceptors (Lipinski definition) is 5. The lowest BCUT2D eigenvalue weighted by Crippen LogP contribution is -2.25. The second kappa shape index (κ2) is 5.81. The van der Waals surface area contributed by atoms with Crippen LogP contribution in [0.1, 0.15) is 16.5 Å². The highest BCUT2D eigenvalue weighted by Crippen LogP contribution is 2.12. The Bertz CT molecular complexity index is 536. The summed E-state index contributed by atoms with van der Waals surface area (Å²) in [6.07, 6.45) is 3.90. The zero-order valence-electron chi connectivity index (χ0n) is 11.0. The Hall–Kier alpha value is -1.24. The van der Waals surface area contributed by atoms with E-state index in [0.29, 0.717) is 12.5 Å². The molecular weight excluding hydrogens is 260 g/mol. The number of ether oxygens (including phenoxy) is 1. The fourth-order valence-electron chi connectivity index (χ4n) is 2.32. The van der Waals surface area contributed by atoms with Gasteiger partial charge in [0, 0.05) is 36.8 Å². The summed E-state index contributed by atoms with van der Waals surface area (Å²) in [5.74, 6) is 1.59. The zero-order valence-corrected chi connectivity index (χ0v) is 11.8. The molecule has 0 bridgehead atoms. The van der Waals surface area contributed by atoms with E-state index >= 15 is 0 Å². The van der Waals surface area contributed by atoms with Crippen molar-refractivity contribution in [1.29, 1.82) is 0 Å². The molecule has 2 aromatic heterocycles. The maximum atomic E-state index is 5.79. The topological polar surface area (TPSA) is 52.0 Å². The van der Waals surface area contributed by atoms with Gasteiger partial charge >= 0.3 is 0 Å².